The summed E-state index contributed by atoms with van der Waals surface area (Å²) in [6, 6.07) is 4.84. The van der Waals surface area contributed by atoms with Gasteiger partial charge in [0.25, 0.3) is 0 Å². The first-order chi connectivity index (χ1) is 10.1. The topological polar surface area (TPSA) is 52.9 Å². The Morgan fingerprint density at radius 2 is 2.19 bits per heavy atom. The quantitative estimate of drug-likeness (QED) is 0.808. The summed E-state index contributed by atoms with van der Waals surface area (Å²) in [5.41, 5.74) is 1.14. The van der Waals surface area contributed by atoms with Gasteiger partial charge in [-0.3, -0.25) is 4.90 Å². The van der Waals surface area contributed by atoms with Gasteiger partial charge < -0.3 is 14.9 Å². The molecule has 0 amide bonds. The summed E-state index contributed by atoms with van der Waals surface area (Å²) in [4.78, 5) is 2.08. The Bertz CT molecular complexity index is 538. The van der Waals surface area contributed by atoms with Gasteiger partial charge in [-0.25, -0.2) is 4.39 Å². The maximum absolute atomic E-state index is 14.1. The molecule has 1 aromatic carbocycles. The Labute approximate surface area is 124 Å². The van der Waals surface area contributed by atoms with E-state index in [1.807, 2.05) is 6.92 Å². The summed E-state index contributed by atoms with van der Waals surface area (Å²) in [6.45, 7) is 3.45. The van der Waals surface area contributed by atoms with Gasteiger partial charge in [0, 0.05) is 30.8 Å². The SMILES string of the molecule is CC1CN(Cc2ccc(C#CCO)cc2F)CC(CO)O1. The molecule has 5 heteroatoms. The van der Waals surface area contributed by atoms with E-state index in [-0.39, 0.29) is 31.2 Å². The molecule has 21 heavy (non-hydrogen) atoms. The second-order valence-corrected chi connectivity index (χ2v) is 5.21. The first kappa shape index (κ1) is 15.9. The van der Waals surface area contributed by atoms with Crippen molar-refractivity contribution in [3.63, 3.8) is 0 Å². The van der Waals surface area contributed by atoms with E-state index >= 15 is 0 Å². The van der Waals surface area contributed by atoms with Crippen LogP contribution in [0.25, 0.3) is 0 Å². The number of rotatable bonds is 3. The molecule has 2 atom stereocenters. The highest BCUT2D eigenvalue weighted by molar-refractivity contribution is 5.37. The van der Waals surface area contributed by atoms with Crippen LogP contribution in [0, 0.1) is 17.7 Å². The molecule has 0 radical (unpaired) electrons. The lowest BCUT2D eigenvalue weighted by Gasteiger charge is -2.36. The highest BCUT2D eigenvalue weighted by Gasteiger charge is 2.25. The average molecular weight is 293 g/mol. The zero-order valence-corrected chi connectivity index (χ0v) is 12.1. The summed E-state index contributed by atoms with van der Waals surface area (Å²) in [6.07, 6.45) is -0.194. The predicted molar refractivity (Wildman–Crippen MR) is 77.1 cm³/mol. The highest BCUT2D eigenvalue weighted by atomic mass is 19.1. The number of nitrogens with zero attached hydrogens (tertiary/aromatic N) is 1. The van der Waals surface area contributed by atoms with E-state index in [1.165, 1.54) is 6.07 Å². The van der Waals surface area contributed by atoms with Gasteiger partial charge in [-0.1, -0.05) is 17.9 Å². The Morgan fingerprint density at radius 1 is 1.38 bits per heavy atom. The van der Waals surface area contributed by atoms with Crippen molar-refractivity contribution in [2.24, 2.45) is 0 Å². The van der Waals surface area contributed by atoms with Crippen LogP contribution in [0.5, 0.6) is 0 Å². The van der Waals surface area contributed by atoms with Crippen molar-refractivity contribution in [1.29, 1.82) is 0 Å². The normalized spacial score (nSPS) is 22.7. The molecule has 1 aromatic rings. The summed E-state index contributed by atoms with van der Waals surface area (Å²) < 4.78 is 19.6. The van der Waals surface area contributed by atoms with Gasteiger partial charge in [-0.2, -0.15) is 0 Å². The van der Waals surface area contributed by atoms with Crippen molar-refractivity contribution < 1.29 is 19.3 Å². The summed E-state index contributed by atoms with van der Waals surface area (Å²) in [5, 5.41) is 17.8. The van der Waals surface area contributed by atoms with E-state index in [1.54, 1.807) is 12.1 Å². The van der Waals surface area contributed by atoms with Gasteiger partial charge in [0.15, 0.2) is 0 Å². The van der Waals surface area contributed by atoms with Crippen LogP contribution in [-0.2, 0) is 11.3 Å². The second kappa shape index (κ2) is 7.53. The largest absolute Gasteiger partial charge is 0.394 e. The monoisotopic (exact) mass is 293 g/mol. The molecule has 0 spiro atoms. The smallest absolute Gasteiger partial charge is 0.128 e. The van der Waals surface area contributed by atoms with Crippen LogP contribution in [0.15, 0.2) is 18.2 Å². The van der Waals surface area contributed by atoms with Gasteiger partial charge in [0.2, 0.25) is 0 Å². The first-order valence-corrected chi connectivity index (χ1v) is 6.99. The minimum atomic E-state index is -0.306. The average Bonchev–Trinajstić information content (AvgIpc) is 2.47. The third-order valence-electron chi connectivity index (χ3n) is 3.36. The van der Waals surface area contributed by atoms with Gasteiger partial charge in [0.1, 0.15) is 12.4 Å². The number of morpholine rings is 1. The predicted octanol–water partition coefficient (Wildman–Crippen LogP) is 0.751. The second-order valence-electron chi connectivity index (χ2n) is 5.21. The molecule has 0 bridgehead atoms. The molecule has 1 fully saturated rings. The van der Waals surface area contributed by atoms with Gasteiger partial charge in [0.05, 0.1) is 18.8 Å². The Kier molecular flexibility index (Phi) is 5.71. The minimum Gasteiger partial charge on any atom is -0.394 e. The summed E-state index contributed by atoms with van der Waals surface area (Å²) in [7, 11) is 0. The number of ether oxygens (including phenoxy) is 1. The molecular weight excluding hydrogens is 273 g/mol. The Morgan fingerprint density at radius 3 is 2.86 bits per heavy atom. The number of halogens is 1. The minimum absolute atomic E-state index is 0.0219. The molecule has 0 aliphatic carbocycles. The van der Waals surface area contributed by atoms with Crippen LogP contribution < -0.4 is 0 Å². The fourth-order valence-corrected chi connectivity index (χ4v) is 2.51. The zero-order valence-electron chi connectivity index (χ0n) is 12.1. The maximum Gasteiger partial charge on any atom is 0.128 e. The lowest BCUT2D eigenvalue weighted by atomic mass is 10.1. The third kappa shape index (κ3) is 4.51. The van der Waals surface area contributed by atoms with Crippen molar-refractivity contribution in [2.75, 3.05) is 26.3 Å². The van der Waals surface area contributed by atoms with E-state index < -0.39 is 0 Å². The van der Waals surface area contributed by atoms with Crippen molar-refractivity contribution in [3.8, 4) is 11.8 Å². The van der Waals surface area contributed by atoms with Crippen molar-refractivity contribution in [2.45, 2.75) is 25.7 Å². The van der Waals surface area contributed by atoms with Crippen LogP contribution >= 0.6 is 0 Å². The molecule has 1 heterocycles. The van der Waals surface area contributed by atoms with E-state index in [0.717, 1.165) is 0 Å². The summed E-state index contributed by atoms with van der Waals surface area (Å²) in [5.74, 6) is 4.87. The van der Waals surface area contributed by atoms with Crippen LogP contribution in [0.4, 0.5) is 4.39 Å². The molecule has 2 N–H and O–H groups in total. The Hall–Kier alpha value is -1.45. The number of aliphatic hydroxyl groups excluding tert-OH is 2. The standard InChI is InChI=1S/C16H20FNO3/c1-12-8-18(10-15(11-20)21-12)9-14-5-4-13(3-2-6-19)7-16(14)17/h4-5,7,12,15,19-20H,6,8-11H2,1H3. The fourth-order valence-electron chi connectivity index (χ4n) is 2.51. The van der Waals surface area contributed by atoms with Gasteiger partial charge >= 0.3 is 0 Å². The van der Waals surface area contributed by atoms with Gasteiger partial charge in [-0.15, -0.1) is 0 Å². The number of benzene rings is 1. The number of hydrogen-bond acceptors (Lipinski definition) is 4. The Balaban J connectivity index is 2.05. The van der Waals surface area contributed by atoms with Crippen LogP contribution in [-0.4, -0.2) is 53.6 Å². The molecular formula is C16H20FNO3. The molecule has 0 saturated carbocycles. The molecule has 4 nitrogen and oxygen atoms in total. The molecule has 1 aliphatic heterocycles. The van der Waals surface area contributed by atoms with Crippen LogP contribution in [0.1, 0.15) is 18.1 Å². The lowest BCUT2D eigenvalue weighted by molar-refractivity contribution is -0.0974. The van der Waals surface area contributed by atoms with Crippen molar-refractivity contribution >= 4 is 0 Å². The summed E-state index contributed by atoms with van der Waals surface area (Å²) >= 11 is 0. The van der Waals surface area contributed by atoms with E-state index in [4.69, 9.17) is 9.84 Å². The van der Waals surface area contributed by atoms with E-state index in [9.17, 15) is 9.50 Å². The molecule has 2 unspecified atom stereocenters. The highest BCUT2D eigenvalue weighted by Crippen LogP contribution is 2.17. The van der Waals surface area contributed by atoms with Gasteiger partial charge in [-0.05, 0) is 19.1 Å². The maximum atomic E-state index is 14.1. The molecule has 1 aliphatic rings. The molecule has 1 saturated heterocycles. The number of hydrogen-bond donors (Lipinski definition) is 2. The van der Waals surface area contributed by atoms with E-state index in [0.29, 0.717) is 30.8 Å². The molecule has 0 aromatic heterocycles. The fraction of sp³-hybridized carbons (Fsp3) is 0.500. The molecule has 114 valence electrons. The first-order valence-electron chi connectivity index (χ1n) is 6.99. The lowest BCUT2D eigenvalue weighted by Crippen LogP contribution is -2.47. The van der Waals surface area contributed by atoms with Crippen LogP contribution in [0.3, 0.4) is 0 Å². The third-order valence-corrected chi connectivity index (χ3v) is 3.36. The van der Waals surface area contributed by atoms with Crippen molar-refractivity contribution in [3.05, 3.63) is 35.1 Å². The van der Waals surface area contributed by atoms with E-state index in [2.05, 4.69) is 16.7 Å². The van der Waals surface area contributed by atoms with Crippen molar-refractivity contribution in [1.82, 2.24) is 4.90 Å². The number of aliphatic hydroxyl groups is 2. The zero-order chi connectivity index (χ0) is 15.2. The molecule has 2 rings (SSSR count). The van der Waals surface area contributed by atoms with Crippen LogP contribution in [0.2, 0.25) is 0 Å².